The minimum Gasteiger partial charge on any atom is -0.504 e. The normalized spacial score (nSPS) is 13.0. The summed E-state index contributed by atoms with van der Waals surface area (Å²) < 4.78 is 18.2. The molecule has 0 unspecified atom stereocenters. The van der Waals surface area contributed by atoms with E-state index >= 15 is 0 Å². The maximum atomic E-state index is 10.1. The SMILES string of the molecule is Cn1ccc2cc(OC/C=C/c3cc4c(cc3N)OCO4)c(O)cc21. The third-order valence-electron chi connectivity index (χ3n) is 4.18. The number of phenols is 1. The summed E-state index contributed by atoms with van der Waals surface area (Å²) in [5.41, 5.74) is 8.39. The van der Waals surface area contributed by atoms with Crippen LogP contribution in [0.3, 0.4) is 0 Å². The average Bonchev–Trinajstić information content (AvgIpc) is 3.18. The molecule has 1 aliphatic rings. The minimum absolute atomic E-state index is 0.116. The molecule has 3 aromatic rings. The van der Waals surface area contributed by atoms with Gasteiger partial charge in [-0.3, -0.25) is 0 Å². The van der Waals surface area contributed by atoms with E-state index in [1.165, 1.54) is 0 Å². The summed E-state index contributed by atoms with van der Waals surface area (Å²) in [7, 11) is 1.93. The van der Waals surface area contributed by atoms with Gasteiger partial charge in [0.2, 0.25) is 6.79 Å². The summed E-state index contributed by atoms with van der Waals surface area (Å²) in [5.74, 6) is 1.90. The number of nitrogens with two attached hydrogens (primary N) is 1. The molecule has 0 aliphatic carbocycles. The Bertz CT molecular complexity index is 975. The van der Waals surface area contributed by atoms with Crippen molar-refractivity contribution in [1.29, 1.82) is 0 Å². The number of fused-ring (bicyclic) bond motifs is 2. The predicted octanol–water partition coefficient (Wildman–Crippen LogP) is 3.29. The molecule has 1 aliphatic heterocycles. The van der Waals surface area contributed by atoms with E-state index in [1.807, 2.05) is 48.2 Å². The third-order valence-corrected chi connectivity index (χ3v) is 4.18. The molecule has 0 amide bonds. The minimum atomic E-state index is 0.116. The molecule has 0 radical (unpaired) electrons. The first-order chi connectivity index (χ1) is 12.1. The number of ether oxygens (including phenoxy) is 3. The van der Waals surface area contributed by atoms with Crippen LogP contribution in [0.1, 0.15) is 5.56 Å². The fourth-order valence-corrected chi connectivity index (χ4v) is 2.83. The molecule has 6 heteroatoms. The summed E-state index contributed by atoms with van der Waals surface area (Å²) in [6, 6.07) is 9.09. The molecule has 1 aromatic heterocycles. The van der Waals surface area contributed by atoms with Gasteiger partial charge in [0.05, 0.1) is 5.52 Å². The standard InChI is InChI=1S/C19H18N2O4/c1-21-5-4-13-8-17(16(22)10-15(13)21)23-6-2-3-12-7-18-19(9-14(12)20)25-11-24-18/h2-5,7-10,22H,6,11,20H2,1H3/b3-2+. The average molecular weight is 338 g/mol. The van der Waals surface area contributed by atoms with Gasteiger partial charge in [0, 0.05) is 42.0 Å². The molecule has 0 saturated heterocycles. The first-order valence-corrected chi connectivity index (χ1v) is 7.88. The van der Waals surface area contributed by atoms with Crippen molar-refractivity contribution < 1.29 is 19.3 Å². The zero-order chi connectivity index (χ0) is 17.4. The number of anilines is 1. The van der Waals surface area contributed by atoms with Crippen molar-refractivity contribution in [3.8, 4) is 23.0 Å². The van der Waals surface area contributed by atoms with Crippen molar-refractivity contribution in [1.82, 2.24) is 4.57 Å². The van der Waals surface area contributed by atoms with E-state index in [4.69, 9.17) is 19.9 Å². The Morgan fingerprint density at radius 3 is 2.88 bits per heavy atom. The van der Waals surface area contributed by atoms with Gasteiger partial charge in [-0.15, -0.1) is 0 Å². The van der Waals surface area contributed by atoms with E-state index in [2.05, 4.69) is 0 Å². The summed E-state index contributed by atoms with van der Waals surface area (Å²) in [6.07, 6.45) is 5.63. The molecule has 128 valence electrons. The Morgan fingerprint density at radius 1 is 1.24 bits per heavy atom. The fourth-order valence-electron chi connectivity index (χ4n) is 2.83. The van der Waals surface area contributed by atoms with Crippen molar-refractivity contribution in [3.63, 3.8) is 0 Å². The maximum Gasteiger partial charge on any atom is 0.231 e. The molecule has 4 rings (SSSR count). The maximum absolute atomic E-state index is 10.1. The van der Waals surface area contributed by atoms with Gasteiger partial charge < -0.3 is 29.6 Å². The van der Waals surface area contributed by atoms with Gasteiger partial charge in [0.15, 0.2) is 23.0 Å². The van der Waals surface area contributed by atoms with Crippen LogP contribution in [0.2, 0.25) is 0 Å². The van der Waals surface area contributed by atoms with Crippen LogP contribution < -0.4 is 19.9 Å². The zero-order valence-corrected chi connectivity index (χ0v) is 13.7. The number of aryl methyl sites for hydroxylation is 1. The highest BCUT2D eigenvalue weighted by Crippen LogP contribution is 2.36. The molecular formula is C19H18N2O4. The Hall–Kier alpha value is -3.28. The summed E-state index contributed by atoms with van der Waals surface area (Å²) in [4.78, 5) is 0. The van der Waals surface area contributed by atoms with Gasteiger partial charge in [-0.25, -0.2) is 0 Å². The van der Waals surface area contributed by atoms with E-state index in [0.29, 0.717) is 29.5 Å². The van der Waals surface area contributed by atoms with Gasteiger partial charge in [-0.2, -0.15) is 0 Å². The lowest BCUT2D eigenvalue weighted by atomic mass is 10.1. The largest absolute Gasteiger partial charge is 0.504 e. The number of phenolic OH excluding ortho intramolecular Hbond substituents is 1. The van der Waals surface area contributed by atoms with Crippen LogP contribution in [0.4, 0.5) is 5.69 Å². The van der Waals surface area contributed by atoms with Crippen molar-refractivity contribution >= 4 is 22.7 Å². The number of rotatable bonds is 4. The summed E-state index contributed by atoms with van der Waals surface area (Å²) in [6.45, 7) is 0.520. The van der Waals surface area contributed by atoms with Gasteiger partial charge in [0.25, 0.3) is 0 Å². The molecule has 0 spiro atoms. The van der Waals surface area contributed by atoms with Crippen molar-refractivity contribution in [2.24, 2.45) is 7.05 Å². The summed E-state index contributed by atoms with van der Waals surface area (Å²) >= 11 is 0. The molecule has 25 heavy (non-hydrogen) atoms. The quantitative estimate of drug-likeness (QED) is 0.714. The number of hydrogen-bond acceptors (Lipinski definition) is 5. The topological polar surface area (TPSA) is 78.9 Å². The second-order valence-electron chi connectivity index (χ2n) is 5.85. The molecule has 0 fully saturated rings. The monoisotopic (exact) mass is 338 g/mol. The lowest BCUT2D eigenvalue weighted by Gasteiger charge is -2.07. The van der Waals surface area contributed by atoms with Crippen molar-refractivity contribution in [2.45, 2.75) is 0 Å². The van der Waals surface area contributed by atoms with Gasteiger partial charge in [0.1, 0.15) is 6.61 Å². The van der Waals surface area contributed by atoms with Gasteiger partial charge in [-0.05, 0) is 24.3 Å². The fraction of sp³-hybridized carbons (Fsp3) is 0.158. The van der Waals surface area contributed by atoms with Crippen LogP contribution in [0.25, 0.3) is 17.0 Å². The van der Waals surface area contributed by atoms with Crippen LogP contribution in [-0.2, 0) is 7.05 Å². The Morgan fingerprint density at radius 2 is 2.04 bits per heavy atom. The number of hydrogen-bond donors (Lipinski definition) is 2. The van der Waals surface area contributed by atoms with Crippen molar-refractivity contribution in [3.05, 3.63) is 48.2 Å². The Kier molecular flexibility index (Phi) is 3.65. The van der Waals surface area contributed by atoms with Gasteiger partial charge >= 0.3 is 0 Å². The van der Waals surface area contributed by atoms with Crippen LogP contribution >= 0.6 is 0 Å². The molecule has 0 bridgehead atoms. The number of aromatic hydroxyl groups is 1. The van der Waals surface area contributed by atoms with Crippen molar-refractivity contribution in [2.75, 3.05) is 19.1 Å². The van der Waals surface area contributed by atoms with Crippen LogP contribution in [0.5, 0.6) is 23.0 Å². The second kappa shape index (κ2) is 5.98. The lowest BCUT2D eigenvalue weighted by molar-refractivity contribution is 0.174. The van der Waals surface area contributed by atoms with E-state index in [1.54, 1.807) is 12.1 Å². The Balaban J connectivity index is 1.47. The molecule has 0 atom stereocenters. The second-order valence-corrected chi connectivity index (χ2v) is 5.85. The number of aromatic nitrogens is 1. The van der Waals surface area contributed by atoms with E-state index in [-0.39, 0.29) is 12.5 Å². The van der Waals surface area contributed by atoms with Gasteiger partial charge in [-0.1, -0.05) is 6.08 Å². The molecule has 2 heterocycles. The molecule has 6 nitrogen and oxygen atoms in total. The molecule has 3 N–H and O–H groups in total. The smallest absolute Gasteiger partial charge is 0.231 e. The van der Waals surface area contributed by atoms with E-state index in [9.17, 15) is 5.11 Å². The molecular weight excluding hydrogens is 320 g/mol. The highest BCUT2D eigenvalue weighted by atomic mass is 16.7. The highest BCUT2D eigenvalue weighted by Gasteiger charge is 2.15. The summed E-state index contributed by atoms with van der Waals surface area (Å²) in [5, 5.41) is 11.1. The molecule has 2 aromatic carbocycles. The van der Waals surface area contributed by atoms with Crippen LogP contribution in [0.15, 0.2) is 42.6 Å². The zero-order valence-electron chi connectivity index (χ0n) is 13.7. The third kappa shape index (κ3) is 2.82. The van der Waals surface area contributed by atoms with Crippen LogP contribution in [0, 0.1) is 0 Å². The van der Waals surface area contributed by atoms with E-state index < -0.39 is 0 Å². The predicted molar refractivity (Wildman–Crippen MR) is 96.1 cm³/mol. The number of benzene rings is 2. The Labute approximate surface area is 144 Å². The lowest BCUT2D eigenvalue weighted by Crippen LogP contribution is -1.95. The number of nitrogens with zero attached hydrogens (tertiary/aromatic N) is 1. The van der Waals surface area contributed by atoms with Crippen LogP contribution in [-0.4, -0.2) is 23.1 Å². The molecule has 0 saturated carbocycles. The number of nitrogen functional groups attached to an aromatic ring is 1. The first kappa shape index (κ1) is 15.3. The first-order valence-electron chi connectivity index (χ1n) is 7.88. The highest BCUT2D eigenvalue weighted by molar-refractivity contribution is 5.83. The van der Waals surface area contributed by atoms with E-state index in [0.717, 1.165) is 16.5 Å².